The SMILES string of the molecule is COCC(CNC(C)(C)C)OCc1ccc(Cl)cc1. The van der Waals surface area contributed by atoms with Gasteiger partial charge >= 0.3 is 0 Å². The summed E-state index contributed by atoms with van der Waals surface area (Å²) in [6.07, 6.45) is 0.0416. The van der Waals surface area contributed by atoms with Crippen LogP contribution in [0.15, 0.2) is 24.3 Å². The minimum atomic E-state index is 0.0416. The molecule has 1 aromatic carbocycles. The molecule has 4 heteroatoms. The Hall–Kier alpha value is -0.610. The van der Waals surface area contributed by atoms with Crippen molar-refractivity contribution in [3.8, 4) is 0 Å². The zero-order chi connectivity index (χ0) is 14.3. The Bertz CT molecular complexity index is 359. The molecule has 1 unspecified atom stereocenters. The average Bonchev–Trinajstić information content (AvgIpc) is 2.34. The molecule has 0 aliphatic rings. The van der Waals surface area contributed by atoms with Crippen molar-refractivity contribution in [2.75, 3.05) is 20.3 Å². The lowest BCUT2D eigenvalue weighted by Gasteiger charge is -2.25. The molecule has 0 amide bonds. The fourth-order valence-electron chi connectivity index (χ4n) is 1.57. The lowest BCUT2D eigenvalue weighted by atomic mass is 10.1. The van der Waals surface area contributed by atoms with Gasteiger partial charge in [-0.25, -0.2) is 0 Å². The third-order valence-corrected chi connectivity index (χ3v) is 2.86. The quantitative estimate of drug-likeness (QED) is 0.834. The van der Waals surface area contributed by atoms with Gasteiger partial charge in [0.2, 0.25) is 0 Å². The van der Waals surface area contributed by atoms with Gasteiger partial charge in [-0.15, -0.1) is 0 Å². The highest BCUT2D eigenvalue weighted by Crippen LogP contribution is 2.11. The van der Waals surface area contributed by atoms with Crippen LogP contribution in [0, 0.1) is 0 Å². The smallest absolute Gasteiger partial charge is 0.0937 e. The van der Waals surface area contributed by atoms with Crippen molar-refractivity contribution in [1.29, 1.82) is 0 Å². The first-order valence-electron chi connectivity index (χ1n) is 6.51. The third kappa shape index (κ3) is 7.53. The number of rotatable bonds is 7. The van der Waals surface area contributed by atoms with Gasteiger partial charge in [-0.05, 0) is 38.5 Å². The second-order valence-corrected chi connectivity index (χ2v) is 6.08. The van der Waals surface area contributed by atoms with E-state index in [9.17, 15) is 0 Å². The Labute approximate surface area is 121 Å². The van der Waals surface area contributed by atoms with Crippen LogP contribution in [0.5, 0.6) is 0 Å². The molecule has 0 aromatic heterocycles. The van der Waals surface area contributed by atoms with E-state index < -0.39 is 0 Å². The molecule has 0 bridgehead atoms. The molecule has 0 aliphatic heterocycles. The topological polar surface area (TPSA) is 30.5 Å². The zero-order valence-electron chi connectivity index (χ0n) is 12.2. The van der Waals surface area contributed by atoms with Crippen LogP contribution in [-0.2, 0) is 16.1 Å². The minimum absolute atomic E-state index is 0.0416. The van der Waals surface area contributed by atoms with E-state index in [1.54, 1.807) is 7.11 Å². The summed E-state index contributed by atoms with van der Waals surface area (Å²) >= 11 is 5.85. The molecule has 0 saturated carbocycles. The molecule has 19 heavy (non-hydrogen) atoms. The summed E-state index contributed by atoms with van der Waals surface area (Å²) in [5, 5.41) is 4.17. The van der Waals surface area contributed by atoms with Crippen LogP contribution in [0.4, 0.5) is 0 Å². The summed E-state index contributed by atoms with van der Waals surface area (Å²) in [7, 11) is 1.69. The van der Waals surface area contributed by atoms with E-state index >= 15 is 0 Å². The Kier molecular flexibility index (Phi) is 6.80. The standard InChI is InChI=1S/C15H24ClNO2/c1-15(2,3)17-9-14(11-18-4)19-10-12-5-7-13(16)8-6-12/h5-8,14,17H,9-11H2,1-4H3. The molecule has 0 fully saturated rings. The molecule has 0 radical (unpaired) electrons. The molecular formula is C15H24ClNO2. The summed E-state index contributed by atoms with van der Waals surface area (Å²) in [5.74, 6) is 0. The number of nitrogens with one attached hydrogen (secondary N) is 1. The molecule has 1 aromatic rings. The van der Waals surface area contributed by atoms with E-state index in [1.807, 2.05) is 24.3 Å². The molecule has 3 nitrogen and oxygen atoms in total. The molecule has 1 atom stereocenters. The highest BCUT2D eigenvalue weighted by molar-refractivity contribution is 6.30. The van der Waals surface area contributed by atoms with Gasteiger partial charge in [-0.1, -0.05) is 23.7 Å². The van der Waals surface area contributed by atoms with Crippen LogP contribution in [0.3, 0.4) is 0 Å². The van der Waals surface area contributed by atoms with Crippen LogP contribution in [0.1, 0.15) is 26.3 Å². The zero-order valence-corrected chi connectivity index (χ0v) is 13.0. The monoisotopic (exact) mass is 285 g/mol. The van der Waals surface area contributed by atoms with Gasteiger partial charge in [-0.3, -0.25) is 0 Å². The lowest BCUT2D eigenvalue weighted by molar-refractivity contribution is -0.0128. The number of hydrogen-bond acceptors (Lipinski definition) is 3. The number of methoxy groups -OCH3 is 1. The van der Waals surface area contributed by atoms with Crippen molar-refractivity contribution in [1.82, 2.24) is 5.32 Å². The molecular weight excluding hydrogens is 262 g/mol. The van der Waals surface area contributed by atoms with E-state index in [0.717, 1.165) is 17.1 Å². The summed E-state index contributed by atoms with van der Waals surface area (Å²) in [6, 6.07) is 7.70. The van der Waals surface area contributed by atoms with Gasteiger partial charge in [0, 0.05) is 24.2 Å². The fraction of sp³-hybridized carbons (Fsp3) is 0.600. The van der Waals surface area contributed by atoms with Crippen LogP contribution in [0.2, 0.25) is 5.02 Å². The molecule has 108 valence electrons. The van der Waals surface area contributed by atoms with Crippen molar-refractivity contribution in [2.24, 2.45) is 0 Å². The van der Waals surface area contributed by atoms with Gasteiger partial charge in [0.05, 0.1) is 19.3 Å². The van der Waals surface area contributed by atoms with Gasteiger partial charge < -0.3 is 14.8 Å². The van der Waals surface area contributed by atoms with Gasteiger partial charge in [0.15, 0.2) is 0 Å². The van der Waals surface area contributed by atoms with E-state index in [2.05, 4.69) is 26.1 Å². The van der Waals surface area contributed by atoms with Crippen LogP contribution in [0.25, 0.3) is 0 Å². The predicted molar refractivity (Wildman–Crippen MR) is 79.7 cm³/mol. The first-order valence-corrected chi connectivity index (χ1v) is 6.88. The van der Waals surface area contributed by atoms with Gasteiger partial charge in [0.25, 0.3) is 0 Å². The van der Waals surface area contributed by atoms with Crippen molar-refractivity contribution in [3.63, 3.8) is 0 Å². The largest absolute Gasteiger partial charge is 0.382 e. The Morgan fingerprint density at radius 1 is 1.21 bits per heavy atom. The fourth-order valence-corrected chi connectivity index (χ4v) is 1.69. The Morgan fingerprint density at radius 3 is 2.37 bits per heavy atom. The van der Waals surface area contributed by atoms with Crippen molar-refractivity contribution < 1.29 is 9.47 Å². The molecule has 1 N–H and O–H groups in total. The average molecular weight is 286 g/mol. The van der Waals surface area contributed by atoms with Crippen molar-refractivity contribution in [2.45, 2.75) is 39.0 Å². The van der Waals surface area contributed by atoms with E-state index in [1.165, 1.54) is 0 Å². The lowest BCUT2D eigenvalue weighted by Crippen LogP contribution is -2.43. The third-order valence-electron chi connectivity index (χ3n) is 2.61. The van der Waals surface area contributed by atoms with Crippen LogP contribution < -0.4 is 5.32 Å². The number of benzene rings is 1. The van der Waals surface area contributed by atoms with Gasteiger partial charge in [-0.2, -0.15) is 0 Å². The maximum absolute atomic E-state index is 5.87. The molecule has 0 heterocycles. The molecule has 0 saturated heterocycles. The second-order valence-electron chi connectivity index (χ2n) is 5.65. The second kappa shape index (κ2) is 7.85. The van der Waals surface area contributed by atoms with E-state index in [-0.39, 0.29) is 11.6 Å². The Balaban J connectivity index is 2.42. The minimum Gasteiger partial charge on any atom is -0.382 e. The number of halogens is 1. The first kappa shape index (κ1) is 16.4. The number of ether oxygens (including phenoxy) is 2. The Morgan fingerprint density at radius 2 is 1.84 bits per heavy atom. The molecule has 0 spiro atoms. The summed E-state index contributed by atoms with van der Waals surface area (Å²) in [6.45, 7) is 8.32. The van der Waals surface area contributed by atoms with Crippen molar-refractivity contribution >= 4 is 11.6 Å². The molecule has 1 rings (SSSR count). The first-order chi connectivity index (χ1) is 8.90. The maximum Gasteiger partial charge on any atom is 0.0937 e. The van der Waals surface area contributed by atoms with E-state index in [4.69, 9.17) is 21.1 Å². The predicted octanol–water partition coefficient (Wildman–Crippen LogP) is 3.26. The van der Waals surface area contributed by atoms with E-state index in [0.29, 0.717) is 13.2 Å². The number of hydrogen-bond donors (Lipinski definition) is 1. The highest BCUT2D eigenvalue weighted by atomic mass is 35.5. The summed E-state index contributed by atoms with van der Waals surface area (Å²) in [5.41, 5.74) is 1.19. The summed E-state index contributed by atoms with van der Waals surface area (Å²) < 4.78 is 11.1. The maximum atomic E-state index is 5.87. The van der Waals surface area contributed by atoms with Crippen LogP contribution >= 0.6 is 11.6 Å². The normalized spacial score (nSPS) is 13.5. The van der Waals surface area contributed by atoms with Crippen molar-refractivity contribution in [3.05, 3.63) is 34.9 Å². The van der Waals surface area contributed by atoms with Gasteiger partial charge in [0.1, 0.15) is 0 Å². The molecule has 0 aliphatic carbocycles. The van der Waals surface area contributed by atoms with Crippen LogP contribution in [-0.4, -0.2) is 31.9 Å². The summed E-state index contributed by atoms with van der Waals surface area (Å²) in [4.78, 5) is 0. The highest BCUT2D eigenvalue weighted by Gasteiger charge is 2.14.